The fourth-order valence-electron chi connectivity index (χ4n) is 1.20. The van der Waals surface area contributed by atoms with Crippen LogP contribution in [0.4, 0.5) is 4.39 Å². The van der Waals surface area contributed by atoms with Gasteiger partial charge in [0.15, 0.2) is 0 Å². The molecule has 0 bridgehead atoms. The first-order valence-electron chi connectivity index (χ1n) is 4.35. The predicted octanol–water partition coefficient (Wildman–Crippen LogP) is 2.92. The normalized spacial score (nSPS) is 10.6. The topological polar surface area (TPSA) is 38.9 Å². The molecule has 0 aliphatic heterocycles. The number of aromatic nitrogens is 2. The molecular weight excluding hydrogens is 219 g/mol. The highest BCUT2D eigenvalue weighted by molar-refractivity contribution is 6.16. The van der Waals surface area contributed by atoms with Gasteiger partial charge in [-0.15, -0.1) is 21.8 Å². The molecule has 3 nitrogen and oxygen atoms in total. The lowest BCUT2D eigenvalue weighted by Crippen LogP contribution is -1.84. The van der Waals surface area contributed by atoms with Gasteiger partial charge in [-0.3, -0.25) is 0 Å². The van der Waals surface area contributed by atoms with E-state index in [0.29, 0.717) is 22.9 Å². The molecule has 1 aromatic heterocycles. The number of hydrogen-bond donors (Lipinski definition) is 0. The Morgan fingerprint density at radius 2 is 2.20 bits per heavy atom. The third kappa shape index (κ3) is 1.99. The molecule has 78 valence electrons. The van der Waals surface area contributed by atoms with Crippen LogP contribution in [0.5, 0.6) is 0 Å². The van der Waals surface area contributed by atoms with Crippen LogP contribution in [0.3, 0.4) is 0 Å². The van der Waals surface area contributed by atoms with Crippen molar-refractivity contribution in [1.82, 2.24) is 10.2 Å². The number of nitrogens with zero attached hydrogens (tertiary/aromatic N) is 2. The first-order valence-corrected chi connectivity index (χ1v) is 4.89. The number of benzene rings is 1. The van der Waals surface area contributed by atoms with Crippen LogP contribution < -0.4 is 0 Å². The van der Waals surface area contributed by atoms with E-state index in [2.05, 4.69) is 10.2 Å². The Bertz CT molecular complexity index is 484. The Morgan fingerprint density at radius 3 is 2.80 bits per heavy atom. The van der Waals surface area contributed by atoms with E-state index in [0.717, 1.165) is 0 Å². The highest BCUT2D eigenvalue weighted by Crippen LogP contribution is 2.20. The van der Waals surface area contributed by atoms with Gasteiger partial charge in [-0.1, -0.05) is 0 Å². The second-order valence-electron chi connectivity index (χ2n) is 3.10. The summed E-state index contributed by atoms with van der Waals surface area (Å²) in [5.74, 6) is 0.630. The molecule has 1 aromatic carbocycles. The van der Waals surface area contributed by atoms with Gasteiger partial charge in [0.2, 0.25) is 11.8 Å². The van der Waals surface area contributed by atoms with E-state index in [1.807, 2.05) is 0 Å². The highest BCUT2D eigenvalue weighted by Gasteiger charge is 2.08. The summed E-state index contributed by atoms with van der Waals surface area (Å²) in [5.41, 5.74) is 1.23. The van der Waals surface area contributed by atoms with Gasteiger partial charge in [-0.05, 0) is 30.7 Å². The van der Waals surface area contributed by atoms with E-state index in [1.54, 1.807) is 19.1 Å². The molecule has 0 unspecified atom stereocenters. The summed E-state index contributed by atoms with van der Waals surface area (Å²) in [6.45, 7) is 1.68. The highest BCUT2D eigenvalue weighted by atomic mass is 35.5. The lowest BCUT2D eigenvalue weighted by Gasteiger charge is -1.98. The van der Waals surface area contributed by atoms with Gasteiger partial charge >= 0.3 is 0 Å². The van der Waals surface area contributed by atoms with Crippen molar-refractivity contribution in [2.45, 2.75) is 12.8 Å². The average Bonchev–Trinajstić information content (AvgIpc) is 2.70. The Morgan fingerprint density at radius 1 is 1.40 bits per heavy atom. The molecule has 15 heavy (non-hydrogen) atoms. The summed E-state index contributed by atoms with van der Waals surface area (Å²) in [5, 5.41) is 7.53. The fraction of sp³-hybridized carbons (Fsp3) is 0.200. The van der Waals surface area contributed by atoms with Crippen molar-refractivity contribution in [1.29, 1.82) is 0 Å². The maximum absolute atomic E-state index is 13.0. The standard InChI is InChI=1S/C10H8ClFN2O/c1-6-4-7(2-3-8(6)12)10-14-13-9(5-11)15-10/h2-4H,5H2,1H3. The van der Waals surface area contributed by atoms with Crippen molar-refractivity contribution in [2.24, 2.45) is 0 Å². The van der Waals surface area contributed by atoms with Crippen LogP contribution in [-0.4, -0.2) is 10.2 Å². The molecule has 5 heteroatoms. The first-order chi connectivity index (χ1) is 7.20. The van der Waals surface area contributed by atoms with Crippen molar-refractivity contribution in [3.63, 3.8) is 0 Å². The molecule has 2 rings (SSSR count). The van der Waals surface area contributed by atoms with Crippen molar-refractivity contribution >= 4 is 11.6 Å². The van der Waals surface area contributed by atoms with Crippen LogP contribution in [0.2, 0.25) is 0 Å². The van der Waals surface area contributed by atoms with Crippen LogP contribution in [-0.2, 0) is 5.88 Å². The predicted molar refractivity (Wildman–Crippen MR) is 54.0 cm³/mol. The van der Waals surface area contributed by atoms with Crippen LogP contribution in [0.15, 0.2) is 22.6 Å². The van der Waals surface area contributed by atoms with Gasteiger partial charge in [0.25, 0.3) is 0 Å². The quantitative estimate of drug-likeness (QED) is 0.739. The largest absolute Gasteiger partial charge is 0.419 e. The molecule has 0 atom stereocenters. The van der Waals surface area contributed by atoms with Crippen molar-refractivity contribution in [2.75, 3.05) is 0 Å². The zero-order valence-corrected chi connectivity index (χ0v) is 8.75. The zero-order chi connectivity index (χ0) is 10.8. The molecule has 0 fully saturated rings. The molecule has 0 aliphatic carbocycles. The monoisotopic (exact) mass is 226 g/mol. The minimum atomic E-state index is -0.254. The van der Waals surface area contributed by atoms with Gasteiger partial charge in [0.05, 0.1) is 0 Å². The van der Waals surface area contributed by atoms with E-state index >= 15 is 0 Å². The molecule has 0 radical (unpaired) electrons. The Kier molecular flexibility index (Phi) is 2.68. The van der Waals surface area contributed by atoms with Crippen LogP contribution in [0.25, 0.3) is 11.5 Å². The molecular formula is C10H8ClFN2O. The maximum atomic E-state index is 13.0. The van der Waals surface area contributed by atoms with Gasteiger partial charge < -0.3 is 4.42 Å². The smallest absolute Gasteiger partial charge is 0.247 e. The molecule has 0 aliphatic rings. The minimum Gasteiger partial charge on any atom is -0.419 e. The van der Waals surface area contributed by atoms with Gasteiger partial charge in [-0.2, -0.15) is 0 Å². The van der Waals surface area contributed by atoms with Crippen LogP contribution in [0.1, 0.15) is 11.5 Å². The van der Waals surface area contributed by atoms with E-state index in [4.69, 9.17) is 16.0 Å². The summed E-state index contributed by atoms with van der Waals surface area (Å²) >= 11 is 5.53. The fourth-order valence-corrected chi connectivity index (χ4v) is 1.31. The van der Waals surface area contributed by atoms with E-state index in [-0.39, 0.29) is 11.7 Å². The minimum absolute atomic E-state index is 0.174. The number of halogens is 2. The molecule has 0 N–H and O–H groups in total. The Balaban J connectivity index is 2.40. The van der Waals surface area contributed by atoms with E-state index in [1.165, 1.54) is 6.07 Å². The lowest BCUT2D eigenvalue weighted by molar-refractivity contribution is 0.527. The summed E-state index contributed by atoms with van der Waals surface area (Å²) < 4.78 is 18.2. The SMILES string of the molecule is Cc1cc(-c2nnc(CCl)o2)ccc1F. The third-order valence-corrected chi connectivity index (χ3v) is 2.21. The molecule has 0 saturated carbocycles. The van der Waals surface area contributed by atoms with Crippen molar-refractivity contribution < 1.29 is 8.81 Å². The second-order valence-corrected chi connectivity index (χ2v) is 3.37. The summed E-state index contributed by atoms with van der Waals surface area (Å²) in [6.07, 6.45) is 0. The van der Waals surface area contributed by atoms with E-state index < -0.39 is 0 Å². The number of rotatable bonds is 2. The molecule has 0 saturated heterocycles. The number of hydrogen-bond acceptors (Lipinski definition) is 3. The first kappa shape index (κ1) is 10.1. The third-order valence-electron chi connectivity index (χ3n) is 1.99. The van der Waals surface area contributed by atoms with Crippen LogP contribution in [0, 0.1) is 12.7 Å². The zero-order valence-electron chi connectivity index (χ0n) is 8.00. The molecule has 1 heterocycles. The Labute approximate surface area is 90.9 Å². The van der Waals surface area contributed by atoms with Crippen LogP contribution >= 0.6 is 11.6 Å². The van der Waals surface area contributed by atoms with Gasteiger partial charge in [0, 0.05) is 5.56 Å². The van der Waals surface area contributed by atoms with Gasteiger partial charge in [-0.25, -0.2) is 4.39 Å². The van der Waals surface area contributed by atoms with E-state index in [9.17, 15) is 4.39 Å². The number of aryl methyl sites for hydroxylation is 1. The average molecular weight is 227 g/mol. The summed E-state index contributed by atoms with van der Waals surface area (Å²) in [7, 11) is 0. The maximum Gasteiger partial charge on any atom is 0.247 e. The second kappa shape index (κ2) is 3.98. The number of alkyl halides is 1. The van der Waals surface area contributed by atoms with Gasteiger partial charge in [0.1, 0.15) is 11.7 Å². The lowest BCUT2D eigenvalue weighted by atomic mass is 10.1. The molecule has 2 aromatic rings. The molecule has 0 amide bonds. The summed E-state index contributed by atoms with van der Waals surface area (Å²) in [6, 6.07) is 4.62. The molecule has 0 spiro atoms. The Hall–Kier alpha value is -1.42. The van der Waals surface area contributed by atoms with Crippen molar-refractivity contribution in [3.8, 4) is 11.5 Å². The summed E-state index contributed by atoms with van der Waals surface area (Å²) in [4.78, 5) is 0. The van der Waals surface area contributed by atoms with Crippen molar-refractivity contribution in [3.05, 3.63) is 35.5 Å².